The Morgan fingerprint density at radius 1 is 1.21 bits per heavy atom. The molecule has 0 unspecified atom stereocenters. The summed E-state index contributed by atoms with van der Waals surface area (Å²) >= 11 is 4.69. The van der Waals surface area contributed by atoms with E-state index in [1.807, 2.05) is 0 Å². The van der Waals surface area contributed by atoms with Crippen LogP contribution in [0.25, 0.3) is 0 Å². The van der Waals surface area contributed by atoms with Gasteiger partial charge in [0.05, 0.1) is 4.99 Å². The van der Waals surface area contributed by atoms with Gasteiger partial charge in [-0.25, -0.2) is 13.2 Å². The van der Waals surface area contributed by atoms with Crippen molar-refractivity contribution >= 4 is 23.1 Å². The first-order valence-electron chi connectivity index (χ1n) is 5.63. The Balaban J connectivity index is 2.48. The highest BCUT2D eigenvalue weighted by molar-refractivity contribution is 7.80. The lowest BCUT2D eigenvalue weighted by atomic mass is 10.2. The Morgan fingerprint density at radius 3 is 2.32 bits per heavy atom. The summed E-state index contributed by atoms with van der Waals surface area (Å²) in [6.45, 7) is 0.321. The van der Waals surface area contributed by atoms with Gasteiger partial charge in [-0.1, -0.05) is 12.2 Å². The summed E-state index contributed by atoms with van der Waals surface area (Å²) in [6.07, 6.45) is 1.92. The lowest BCUT2D eigenvalue weighted by Crippen LogP contribution is -2.25. The smallest absolute Gasteiger partial charge is 0.251 e. The molecule has 0 radical (unpaired) electrons. The van der Waals surface area contributed by atoms with E-state index in [0.717, 1.165) is 0 Å². The molecule has 0 saturated carbocycles. The molecule has 3 nitrogen and oxygen atoms in total. The van der Waals surface area contributed by atoms with Crippen molar-refractivity contribution in [2.24, 2.45) is 5.73 Å². The Labute approximate surface area is 114 Å². The molecule has 0 saturated heterocycles. The molecule has 7 heteroatoms. The molecule has 0 aliphatic rings. The van der Waals surface area contributed by atoms with Crippen LogP contribution in [0.2, 0.25) is 0 Å². The summed E-state index contributed by atoms with van der Waals surface area (Å²) in [5.41, 5.74) is 5.04. The number of halogens is 3. The number of unbranched alkanes of at least 4 members (excludes halogenated alkanes) is 1. The predicted octanol–water partition coefficient (Wildman–Crippen LogP) is 2.29. The number of thiocarbonyl (C=S) groups is 1. The molecule has 1 aromatic carbocycles. The van der Waals surface area contributed by atoms with Gasteiger partial charge in [-0.15, -0.1) is 0 Å². The highest BCUT2D eigenvalue weighted by Gasteiger charge is 2.14. The van der Waals surface area contributed by atoms with Crippen molar-refractivity contribution in [1.29, 1.82) is 0 Å². The lowest BCUT2D eigenvalue weighted by Gasteiger charge is -2.06. The van der Waals surface area contributed by atoms with Crippen molar-refractivity contribution in [3.63, 3.8) is 0 Å². The van der Waals surface area contributed by atoms with Gasteiger partial charge in [0.25, 0.3) is 5.91 Å². The van der Waals surface area contributed by atoms with Gasteiger partial charge in [-0.05, 0) is 31.4 Å². The molecular formula is C12H13F3N2OS. The number of hydrogen-bond donors (Lipinski definition) is 2. The van der Waals surface area contributed by atoms with E-state index in [2.05, 4.69) is 17.5 Å². The molecule has 0 atom stereocenters. The van der Waals surface area contributed by atoms with Gasteiger partial charge >= 0.3 is 0 Å². The molecule has 1 aromatic rings. The lowest BCUT2D eigenvalue weighted by molar-refractivity contribution is 0.0952. The normalized spacial score (nSPS) is 10.3. The number of hydrogen-bond acceptors (Lipinski definition) is 2. The second kappa shape index (κ2) is 7.08. The second-order valence-corrected chi connectivity index (χ2v) is 4.46. The van der Waals surface area contributed by atoms with E-state index < -0.39 is 23.4 Å². The van der Waals surface area contributed by atoms with Gasteiger partial charge in [0.1, 0.15) is 0 Å². The van der Waals surface area contributed by atoms with E-state index in [-0.39, 0.29) is 5.56 Å². The summed E-state index contributed by atoms with van der Waals surface area (Å²) in [4.78, 5) is 11.9. The molecule has 1 rings (SSSR count). The molecular weight excluding hydrogens is 277 g/mol. The van der Waals surface area contributed by atoms with E-state index in [4.69, 9.17) is 5.73 Å². The average Bonchev–Trinajstić information content (AvgIpc) is 2.34. The minimum absolute atomic E-state index is 0.259. The molecule has 0 spiro atoms. The average molecular weight is 290 g/mol. The van der Waals surface area contributed by atoms with Gasteiger partial charge in [0, 0.05) is 12.1 Å². The van der Waals surface area contributed by atoms with Crippen molar-refractivity contribution in [1.82, 2.24) is 5.32 Å². The maximum Gasteiger partial charge on any atom is 0.251 e. The first kappa shape index (κ1) is 15.4. The van der Waals surface area contributed by atoms with E-state index in [0.29, 0.717) is 42.9 Å². The Kier molecular flexibility index (Phi) is 5.75. The molecule has 0 aliphatic carbocycles. The zero-order valence-electron chi connectivity index (χ0n) is 10.0. The number of benzene rings is 1. The number of nitrogens with two attached hydrogens (primary N) is 1. The van der Waals surface area contributed by atoms with Crippen molar-refractivity contribution in [3.8, 4) is 0 Å². The third kappa shape index (κ3) is 4.86. The van der Waals surface area contributed by atoms with Crippen LogP contribution in [0, 0.1) is 17.5 Å². The van der Waals surface area contributed by atoms with Crippen LogP contribution >= 0.6 is 12.2 Å². The maximum absolute atomic E-state index is 12.9. The standard InChI is InChI=1S/C12H13F3N2OS/c13-8-5-7(6-9(14)11(8)15)12(18)17-4-2-1-3-10(16)19/h5-6H,1-4H2,(H2,16,19)(H,17,18). The summed E-state index contributed by atoms with van der Waals surface area (Å²) < 4.78 is 38.5. The van der Waals surface area contributed by atoms with Crippen LogP contribution in [-0.2, 0) is 0 Å². The van der Waals surface area contributed by atoms with E-state index in [9.17, 15) is 18.0 Å². The SMILES string of the molecule is NC(=S)CCCCNC(=O)c1cc(F)c(F)c(F)c1. The van der Waals surface area contributed by atoms with Crippen LogP contribution in [-0.4, -0.2) is 17.4 Å². The van der Waals surface area contributed by atoms with Gasteiger partial charge in [0.2, 0.25) is 0 Å². The second-order valence-electron chi connectivity index (χ2n) is 3.93. The van der Waals surface area contributed by atoms with Crippen LogP contribution in [0.4, 0.5) is 13.2 Å². The van der Waals surface area contributed by atoms with E-state index in [1.165, 1.54) is 0 Å². The van der Waals surface area contributed by atoms with E-state index >= 15 is 0 Å². The molecule has 1 amide bonds. The van der Waals surface area contributed by atoms with Crippen LogP contribution in [0.3, 0.4) is 0 Å². The molecule has 3 N–H and O–H groups in total. The Morgan fingerprint density at radius 2 is 1.79 bits per heavy atom. The number of carbonyl (C=O) groups excluding carboxylic acids is 1. The fourth-order valence-electron chi connectivity index (χ4n) is 1.41. The van der Waals surface area contributed by atoms with E-state index in [1.54, 1.807) is 0 Å². The molecule has 0 bridgehead atoms. The summed E-state index contributed by atoms with van der Waals surface area (Å²) in [7, 11) is 0. The Hall–Kier alpha value is -1.63. The Bertz CT molecular complexity index is 471. The highest BCUT2D eigenvalue weighted by Crippen LogP contribution is 2.13. The minimum Gasteiger partial charge on any atom is -0.393 e. The van der Waals surface area contributed by atoms with Crippen molar-refractivity contribution in [3.05, 3.63) is 35.1 Å². The molecule has 19 heavy (non-hydrogen) atoms. The number of nitrogens with one attached hydrogen (secondary N) is 1. The van der Waals surface area contributed by atoms with Crippen LogP contribution in [0.5, 0.6) is 0 Å². The van der Waals surface area contributed by atoms with Gasteiger partial charge in [0.15, 0.2) is 17.5 Å². The third-order valence-electron chi connectivity index (χ3n) is 2.38. The zero-order valence-corrected chi connectivity index (χ0v) is 10.8. The first-order valence-corrected chi connectivity index (χ1v) is 6.03. The van der Waals surface area contributed by atoms with Gasteiger partial charge < -0.3 is 11.1 Å². The topological polar surface area (TPSA) is 55.1 Å². The molecule has 0 aliphatic heterocycles. The number of carbonyl (C=O) groups is 1. The third-order valence-corrected chi connectivity index (χ3v) is 2.59. The molecule has 0 heterocycles. The van der Waals surface area contributed by atoms with Crippen molar-refractivity contribution in [2.75, 3.05) is 6.54 Å². The largest absolute Gasteiger partial charge is 0.393 e. The van der Waals surface area contributed by atoms with Crippen molar-refractivity contribution in [2.45, 2.75) is 19.3 Å². The first-order chi connectivity index (χ1) is 8.91. The highest BCUT2D eigenvalue weighted by atomic mass is 32.1. The molecule has 0 aromatic heterocycles. The zero-order chi connectivity index (χ0) is 14.4. The fourth-order valence-corrected chi connectivity index (χ4v) is 1.56. The van der Waals surface area contributed by atoms with Gasteiger partial charge in [-0.2, -0.15) is 0 Å². The predicted molar refractivity (Wildman–Crippen MR) is 69.3 cm³/mol. The quantitative estimate of drug-likeness (QED) is 0.480. The monoisotopic (exact) mass is 290 g/mol. The molecule has 104 valence electrons. The van der Waals surface area contributed by atoms with Crippen LogP contribution < -0.4 is 11.1 Å². The number of rotatable bonds is 6. The fraction of sp³-hybridized carbons (Fsp3) is 0.333. The molecule has 0 fully saturated rings. The van der Waals surface area contributed by atoms with Crippen LogP contribution in [0.1, 0.15) is 29.6 Å². The van der Waals surface area contributed by atoms with Crippen molar-refractivity contribution < 1.29 is 18.0 Å². The summed E-state index contributed by atoms with van der Waals surface area (Å²) in [5, 5.41) is 2.47. The number of amides is 1. The summed E-state index contributed by atoms with van der Waals surface area (Å²) in [6, 6.07) is 1.31. The van der Waals surface area contributed by atoms with Crippen LogP contribution in [0.15, 0.2) is 12.1 Å². The maximum atomic E-state index is 12.9. The minimum atomic E-state index is -1.59. The summed E-state index contributed by atoms with van der Waals surface area (Å²) in [5.74, 6) is -5.03. The van der Waals surface area contributed by atoms with Gasteiger partial charge in [-0.3, -0.25) is 4.79 Å².